The number of allylic oxidation sites excluding steroid dienone is 4. The molecule has 0 aromatic rings. The number of hydrogen-bond acceptors (Lipinski definition) is 5. The monoisotopic (exact) mass is 1080 g/mol. The summed E-state index contributed by atoms with van der Waals surface area (Å²) in [5.74, 6) is -0.0358. The van der Waals surface area contributed by atoms with Gasteiger partial charge >= 0.3 is 5.97 Å². The highest BCUT2D eigenvalue weighted by Crippen LogP contribution is 2.19. The largest absolute Gasteiger partial charge is 0.466 e. The number of hydrogen-bond donors (Lipinski definition) is 3. The molecule has 0 aliphatic rings. The SMILES string of the molecule is CCCCCC/C=C\CCCCCCCC(=O)OCCCCCCCCCCCCC/C=C\CCCCCCCCCC(=O)NC(CO)C(O)CCCCCCCCCCCCCCCCCCCCCCCCCCC. The van der Waals surface area contributed by atoms with Crippen LogP contribution in [-0.4, -0.2) is 47.4 Å². The van der Waals surface area contributed by atoms with Gasteiger partial charge in [-0.3, -0.25) is 9.59 Å². The van der Waals surface area contributed by atoms with Crippen LogP contribution in [0.1, 0.15) is 393 Å². The normalized spacial score (nSPS) is 12.6. The lowest BCUT2D eigenvalue weighted by Crippen LogP contribution is -2.45. The summed E-state index contributed by atoms with van der Waals surface area (Å²) in [7, 11) is 0. The number of esters is 1. The lowest BCUT2D eigenvalue weighted by Gasteiger charge is -2.22. The Balaban J connectivity index is 3.42. The van der Waals surface area contributed by atoms with E-state index in [1.807, 2.05) is 0 Å². The molecule has 3 N–H and O–H groups in total. The maximum Gasteiger partial charge on any atom is 0.305 e. The number of rotatable bonds is 66. The highest BCUT2D eigenvalue weighted by molar-refractivity contribution is 5.76. The zero-order chi connectivity index (χ0) is 55.7. The molecule has 0 heterocycles. The van der Waals surface area contributed by atoms with Crippen molar-refractivity contribution in [2.24, 2.45) is 0 Å². The molecule has 77 heavy (non-hydrogen) atoms. The Labute approximate surface area is 481 Å². The van der Waals surface area contributed by atoms with Gasteiger partial charge in [-0.25, -0.2) is 0 Å². The third-order valence-electron chi connectivity index (χ3n) is 16.5. The van der Waals surface area contributed by atoms with Crippen molar-refractivity contribution < 1.29 is 24.5 Å². The molecule has 0 spiro atoms. The average molecular weight is 1080 g/mol. The number of aliphatic hydroxyl groups excluding tert-OH is 2. The summed E-state index contributed by atoms with van der Waals surface area (Å²) in [6.07, 6.45) is 83.6. The van der Waals surface area contributed by atoms with Crippen LogP contribution < -0.4 is 5.32 Å². The summed E-state index contributed by atoms with van der Waals surface area (Å²) >= 11 is 0. The lowest BCUT2D eigenvalue weighted by atomic mass is 10.0. The summed E-state index contributed by atoms with van der Waals surface area (Å²) < 4.78 is 5.48. The summed E-state index contributed by atoms with van der Waals surface area (Å²) in [6.45, 7) is 4.96. The summed E-state index contributed by atoms with van der Waals surface area (Å²) in [5, 5.41) is 23.4. The molecule has 0 radical (unpaired) electrons. The molecule has 0 aromatic heterocycles. The summed E-state index contributed by atoms with van der Waals surface area (Å²) in [6, 6.07) is -0.548. The van der Waals surface area contributed by atoms with Crippen LogP contribution in [0, 0.1) is 0 Å². The Bertz CT molecular complexity index is 1200. The fourth-order valence-electron chi connectivity index (χ4n) is 11.1. The Morgan fingerprint density at radius 2 is 0.610 bits per heavy atom. The van der Waals surface area contributed by atoms with Crippen LogP contribution in [0.2, 0.25) is 0 Å². The van der Waals surface area contributed by atoms with Gasteiger partial charge in [-0.2, -0.15) is 0 Å². The van der Waals surface area contributed by atoms with Crippen LogP contribution in [0.25, 0.3) is 0 Å². The fourth-order valence-corrected chi connectivity index (χ4v) is 11.1. The predicted octanol–water partition coefficient (Wildman–Crippen LogP) is 22.5. The van der Waals surface area contributed by atoms with E-state index in [0.29, 0.717) is 25.9 Å². The second kappa shape index (κ2) is 66.8. The van der Waals surface area contributed by atoms with Crippen molar-refractivity contribution in [3.63, 3.8) is 0 Å². The molecule has 0 saturated carbocycles. The van der Waals surface area contributed by atoms with E-state index in [2.05, 4.69) is 43.5 Å². The highest BCUT2D eigenvalue weighted by Gasteiger charge is 2.20. The molecule has 0 bridgehead atoms. The van der Waals surface area contributed by atoms with E-state index in [4.69, 9.17) is 4.74 Å². The second-order valence-corrected chi connectivity index (χ2v) is 24.2. The van der Waals surface area contributed by atoms with Gasteiger partial charge < -0.3 is 20.3 Å². The van der Waals surface area contributed by atoms with Crippen LogP contribution in [0.5, 0.6) is 0 Å². The van der Waals surface area contributed by atoms with Crippen molar-refractivity contribution in [2.75, 3.05) is 13.2 Å². The molecule has 456 valence electrons. The first kappa shape index (κ1) is 75.3. The van der Waals surface area contributed by atoms with Crippen molar-refractivity contribution in [2.45, 2.75) is 405 Å². The van der Waals surface area contributed by atoms with Crippen molar-refractivity contribution >= 4 is 11.9 Å². The molecule has 0 rings (SSSR count). The molecular weight excluding hydrogens is 947 g/mol. The minimum absolute atomic E-state index is 0.00160. The number of carbonyl (C=O) groups is 2. The Morgan fingerprint density at radius 1 is 0.351 bits per heavy atom. The first-order valence-electron chi connectivity index (χ1n) is 35.1. The molecule has 0 aliphatic carbocycles. The molecule has 1 amide bonds. The quantitative estimate of drug-likeness (QED) is 0.0320. The molecule has 0 fully saturated rings. The first-order chi connectivity index (χ1) is 38.0. The molecule has 2 atom stereocenters. The topological polar surface area (TPSA) is 95.9 Å². The number of aliphatic hydroxyl groups is 2. The third kappa shape index (κ3) is 63.4. The minimum Gasteiger partial charge on any atom is -0.466 e. The van der Waals surface area contributed by atoms with Gasteiger partial charge in [0.05, 0.1) is 25.4 Å². The van der Waals surface area contributed by atoms with Gasteiger partial charge in [0.25, 0.3) is 0 Å². The number of amides is 1. The van der Waals surface area contributed by atoms with Crippen LogP contribution in [-0.2, 0) is 14.3 Å². The lowest BCUT2D eigenvalue weighted by molar-refractivity contribution is -0.143. The zero-order valence-corrected chi connectivity index (χ0v) is 52.2. The van der Waals surface area contributed by atoms with Gasteiger partial charge in [-0.15, -0.1) is 0 Å². The maximum absolute atomic E-state index is 12.6. The van der Waals surface area contributed by atoms with Gasteiger partial charge in [0.15, 0.2) is 0 Å². The molecule has 0 aliphatic heterocycles. The molecule has 0 aromatic carbocycles. The van der Waals surface area contributed by atoms with Crippen molar-refractivity contribution in [1.29, 1.82) is 0 Å². The van der Waals surface area contributed by atoms with Gasteiger partial charge in [-0.1, -0.05) is 327 Å². The van der Waals surface area contributed by atoms with Crippen molar-refractivity contribution in [3.8, 4) is 0 Å². The second-order valence-electron chi connectivity index (χ2n) is 24.2. The van der Waals surface area contributed by atoms with Crippen LogP contribution in [0.15, 0.2) is 24.3 Å². The number of ether oxygens (including phenoxy) is 1. The van der Waals surface area contributed by atoms with Gasteiger partial charge in [0.1, 0.15) is 0 Å². The molecule has 6 heteroatoms. The maximum atomic E-state index is 12.6. The van der Waals surface area contributed by atoms with E-state index in [-0.39, 0.29) is 18.5 Å². The molecule has 6 nitrogen and oxygen atoms in total. The third-order valence-corrected chi connectivity index (χ3v) is 16.5. The number of nitrogens with one attached hydrogen (secondary N) is 1. The highest BCUT2D eigenvalue weighted by atomic mass is 16.5. The Morgan fingerprint density at radius 3 is 0.935 bits per heavy atom. The molecule has 2 unspecified atom stereocenters. The van der Waals surface area contributed by atoms with E-state index >= 15 is 0 Å². The number of carbonyl (C=O) groups excluding carboxylic acids is 2. The van der Waals surface area contributed by atoms with Crippen LogP contribution >= 0.6 is 0 Å². The zero-order valence-electron chi connectivity index (χ0n) is 52.2. The van der Waals surface area contributed by atoms with Crippen molar-refractivity contribution in [1.82, 2.24) is 5.32 Å². The van der Waals surface area contributed by atoms with E-state index in [1.54, 1.807) is 0 Å². The van der Waals surface area contributed by atoms with E-state index in [9.17, 15) is 19.8 Å². The van der Waals surface area contributed by atoms with Crippen molar-refractivity contribution in [3.05, 3.63) is 24.3 Å². The van der Waals surface area contributed by atoms with Gasteiger partial charge in [0.2, 0.25) is 5.91 Å². The van der Waals surface area contributed by atoms with Crippen LogP contribution in [0.3, 0.4) is 0 Å². The first-order valence-corrected chi connectivity index (χ1v) is 35.1. The molecule has 0 saturated heterocycles. The smallest absolute Gasteiger partial charge is 0.305 e. The summed E-state index contributed by atoms with van der Waals surface area (Å²) in [4.78, 5) is 24.6. The fraction of sp³-hybridized carbons (Fsp3) is 0.915. The van der Waals surface area contributed by atoms with Gasteiger partial charge in [0, 0.05) is 12.8 Å². The van der Waals surface area contributed by atoms with E-state index < -0.39 is 12.1 Å². The predicted molar refractivity (Wildman–Crippen MR) is 338 cm³/mol. The van der Waals surface area contributed by atoms with Gasteiger partial charge in [-0.05, 0) is 77.0 Å². The summed E-state index contributed by atoms with van der Waals surface area (Å²) in [5.41, 5.74) is 0. The average Bonchev–Trinajstić information content (AvgIpc) is 3.43. The van der Waals surface area contributed by atoms with Crippen LogP contribution in [0.4, 0.5) is 0 Å². The minimum atomic E-state index is -0.670. The van der Waals surface area contributed by atoms with E-state index in [0.717, 1.165) is 44.9 Å². The van der Waals surface area contributed by atoms with E-state index in [1.165, 1.54) is 315 Å². The molecular formula is C71H137NO5. The Hall–Kier alpha value is -1.66. The number of unbranched alkanes of at least 4 members (excludes halogenated alkanes) is 51. The Kier molecular flexibility index (Phi) is 65.4. The standard InChI is InChI=1S/C71H137NO5/c1-3-5-7-9-11-13-15-17-18-19-20-21-22-23-24-27-30-33-36-40-43-47-51-55-59-63-69(74)68(67-73)72-70(75)64-60-56-52-48-44-41-37-34-31-28-25-26-29-32-35-38-42-46-50-54-58-62-66-77-71(76)65-61-57-53-49-45-39-16-14-12-10-8-6-4-2/h14,16,28,31,68-69,73-74H,3-13,15,17-27,29-30,32-67H2,1-2H3,(H,72,75)/b16-14-,31-28-.